The molecule has 0 unspecified atom stereocenters. The zero-order valence-electron chi connectivity index (χ0n) is 18.9. The first-order chi connectivity index (χ1) is 16.4. The molecule has 0 aliphatic heterocycles. The van der Waals surface area contributed by atoms with E-state index < -0.39 is 0 Å². The van der Waals surface area contributed by atoms with Crippen LogP contribution in [0.5, 0.6) is 0 Å². The number of fused-ring (bicyclic) bond motifs is 1. The molecule has 170 valence electrons. The average Bonchev–Trinajstić information content (AvgIpc) is 3.42. The van der Waals surface area contributed by atoms with Crippen molar-refractivity contribution in [2.75, 3.05) is 5.32 Å². The van der Waals surface area contributed by atoms with Gasteiger partial charge in [0.25, 0.3) is 5.56 Å². The smallest absolute Gasteiger partial charge is 0.264 e. The van der Waals surface area contributed by atoms with Crippen molar-refractivity contribution in [3.8, 4) is 16.9 Å². The Morgan fingerprint density at radius 1 is 1.09 bits per heavy atom. The maximum atomic E-state index is 13.0. The molecule has 9 heteroatoms. The van der Waals surface area contributed by atoms with Crippen LogP contribution in [0.25, 0.3) is 28.0 Å². The molecule has 0 fully saturated rings. The number of carbonyl (C=O) groups excluding carboxylic acids is 1. The number of nitrogens with one attached hydrogen (secondary N) is 1. The van der Waals surface area contributed by atoms with Crippen molar-refractivity contribution < 1.29 is 4.79 Å². The Bertz CT molecular complexity index is 1580. The molecule has 0 aliphatic rings. The summed E-state index contributed by atoms with van der Waals surface area (Å²) >= 11 is 1.57. The molecule has 1 N–H and O–H groups in total. The van der Waals surface area contributed by atoms with Crippen LogP contribution >= 0.6 is 11.3 Å². The van der Waals surface area contributed by atoms with Gasteiger partial charge in [-0.15, -0.1) is 11.3 Å². The second kappa shape index (κ2) is 8.68. The van der Waals surface area contributed by atoms with E-state index in [4.69, 9.17) is 0 Å². The second-order valence-corrected chi connectivity index (χ2v) is 9.26. The Labute approximate surface area is 199 Å². The summed E-state index contributed by atoms with van der Waals surface area (Å²) in [6.45, 7) is 5.81. The fourth-order valence-electron chi connectivity index (χ4n) is 3.93. The van der Waals surface area contributed by atoms with Gasteiger partial charge in [0, 0.05) is 16.6 Å². The molecule has 0 spiro atoms. The zero-order valence-corrected chi connectivity index (χ0v) is 19.8. The summed E-state index contributed by atoms with van der Waals surface area (Å²) < 4.78 is 2.94. The Morgan fingerprint density at radius 3 is 2.62 bits per heavy atom. The molecule has 0 aliphatic carbocycles. The molecule has 2 aromatic carbocycles. The van der Waals surface area contributed by atoms with Crippen molar-refractivity contribution in [3.05, 3.63) is 86.9 Å². The van der Waals surface area contributed by atoms with Crippen LogP contribution < -0.4 is 10.9 Å². The summed E-state index contributed by atoms with van der Waals surface area (Å²) in [7, 11) is 0. The number of nitrogens with zero attached hydrogens (tertiary/aromatic N) is 5. The van der Waals surface area contributed by atoms with Crippen LogP contribution in [0.4, 0.5) is 5.69 Å². The molecular formula is C25H22N6O2S. The summed E-state index contributed by atoms with van der Waals surface area (Å²) in [5.74, 6) is -0.323. The van der Waals surface area contributed by atoms with Gasteiger partial charge < -0.3 is 5.32 Å². The molecule has 3 aromatic heterocycles. The minimum Gasteiger partial charge on any atom is -0.325 e. The van der Waals surface area contributed by atoms with Crippen molar-refractivity contribution in [1.29, 1.82) is 0 Å². The van der Waals surface area contributed by atoms with Crippen molar-refractivity contribution >= 4 is 34.0 Å². The van der Waals surface area contributed by atoms with Crippen LogP contribution in [0.2, 0.25) is 0 Å². The van der Waals surface area contributed by atoms with Gasteiger partial charge in [-0.1, -0.05) is 18.2 Å². The van der Waals surface area contributed by atoms with E-state index in [1.165, 1.54) is 17.1 Å². The third-order valence-corrected chi connectivity index (χ3v) is 6.15. The average molecular weight is 471 g/mol. The van der Waals surface area contributed by atoms with Gasteiger partial charge in [-0.05, 0) is 56.2 Å². The van der Waals surface area contributed by atoms with Crippen LogP contribution in [0.1, 0.15) is 16.1 Å². The van der Waals surface area contributed by atoms with Gasteiger partial charge in [0.05, 0.1) is 22.6 Å². The summed E-state index contributed by atoms with van der Waals surface area (Å²) in [5, 5.41) is 10.5. The quantitative estimate of drug-likeness (QED) is 0.414. The molecule has 0 saturated carbocycles. The van der Waals surface area contributed by atoms with Gasteiger partial charge in [-0.3, -0.25) is 14.2 Å². The van der Waals surface area contributed by atoms with Crippen molar-refractivity contribution in [1.82, 2.24) is 24.3 Å². The number of aromatic nitrogens is 5. The molecule has 0 bridgehead atoms. The van der Waals surface area contributed by atoms with E-state index in [1.54, 1.807) is 22.1 Å². The number of amides is 1. The molecule has 0 radical (unpaired) electrons. The lowest BCUT2D eigenvalue weighted by Gasteiger charge is -2.09. The monoisotopic (exact) mass is 470 g/mol. The van der Waals surface area contributed by atoms with Gasteiger partial charge >= 0.3 is 0 Å². The number of hydrogen-bond donors (Lipinski definition) is 1. The minimum absolute atomic E-state index is 0.156. The fourth-order valence-corrected chi connectivity index (χ4v) is 4.55. The highest BCUT2D eigenvalue weighted by Crippen LogP contribution is 2.24. The van der Waals surface area contributed by atoms with Crippen molar-refractivity contribution in [2.24, 2.45) is 0 Å². The van der Waals surface area contributed by atoms with E-state index >= 15 is 0 Å². The molecule has 8 nitrogen and oxygen atoms in total. The number of carbonyl (C=O) groups is 1. The molecule has 1 amide bonds. The van der Waals surface area contributed by atoms with Crippen LogP contribution in [-0.2, 0) is 11.3 Å². The van der Waals surface area contributed by atoms with Crippen LogP contribution in [-0.4, -0.2) is 30.2 Å². The number of benzene rings is 2. The SMILES string of the molecule is Cc1cc(C)cc(-n2ncc3c(=O)n(CC(=O)Nc4cccc(-c5csc(C)n5)c4)cnc32)c1. The van der Waals surface area contributed by atoms with E-state index in [0.29, 0.717) is 16.7 Å². The van der Waals surface area contributed by atoms with E-state index in [0.717, 1.165) is 33.1 Å². The Morgan fingerprint density at radius 2 is 1.88 bits per heavy atom. The molecule has 3 heterocycles. The second-order valence-electron chi connectivity index (χ2n) is 8.20. The number of aryl methyl sites for hydroxylation is 3. The maximum Gasteiger partial charge on any atom is 0.264 e. The van der Waals surface area contributed by atoms with Crippen LogP contribution in [0, 0.1) is 20.8 Å². The number of hydrogen-bond acceptors (Lipinski definition) is 6. The van der Waals surface area contributed by atoms with Gasteiger partial charge in [0.15, 0.2) is 5.65 Å². The summed E-state index contributed by atoms with van der Waals surface area (Å²) in [4.78, 5) is 34.6. The lowest BCUT2D eigenvalue weighted by Crippen LogP contribution is -2.27. The number of rotatable bonds is 5. The van der Waals surface area contributed by atoms with Gasteiger partial charge in [0.2, 0.25) is 5.91 Å². The first-order valence-electron chi connectivity index (χ1n) is 10.7. The highest BCUT2D eigenvalue weighted by atomic mass is 32.1. The van der Waals surface area contributed by atoms with Crippen LogP contribution in [0.3, 0.4) is 0 Å². The normalized spacial score (nSPS) is 11.1. The standard InChI is InChI=1S/C25H22N6O2S/c1-15-7-16(2)9-20(8-15)31-24-21(11-27-31)25(33)30(14-26-24)12-23(32)29-19-6-4-5-18(10-19)22-13-34-17(3)28-22/h4-11,13-14H,12H2,1-3H3,(H,29,32). The van der Waals surface area contributed by atoms with E-state index in [1.807, 2.05) is 56.5 Å². The summed E-state index contributed by atoms with van der Waals surface area (Å²) in [6, 6.07) is 13.5. The summed E-state index contributed by atoms with van der Waals surface area (Å²) in [5.41, 5.74) is 5.59. The largest absolute Gasteiger partial charge is 0.325 e. The molecule has 5 rings (SSSR count). The number of anilines is 1. The number of thiazole rings is 1. The zero-order chi connectivity index (χ0) is 23.8. The third-order valence-electron chi connectivity index (χ3n) is 5.38. The Balaban J connectivity index is 1.38. The van der Waals surface area contributed by atoms with E-state index in [2.05, 4.69) is 26.4 Å². The van der Waals surface area contributed by atoms with Crippen LogP contribution in [0.15, 0.2) is 65.2 Å². The molecule has 5 aromatic rings. The Hall–Kier alpha value is -4.11. The fraction of sp³-hybridized carbons (Fsp3) is 0.160. The lowest BCUT2D eigenvalue weighted by molar-refractivity contribution is -0.116. The topological polar surface area (TPSA) is 94.7 Å². The van der Waals surface area contributed by atoms with Crippen molar-refractivity contribution in [2.45, 2.75) is 27.3 Å². The highest BCUT2D eigenvalue weighted by molar-refractivity contribution is 7.09. The Kier molecular flexibility index (Phi) is 5.54. The molecular weight excluding hydrogens is 448 g/mol. The maximum absolute atomic E-state index is 13.0. The lowest BCUT2D eigenvalue weighted by atomic mass is 10.1. The van der Waals surface area contributed by atoms with E-state index in [-0.39, 0.29) is 18.0 Å². The van der Waals surface area contributed by atoms with E-state index in [9.17, 15) is 9.59 Å². The highest BCUT2D eigenvalue weighted by Gasteiger charge is 2.14. The first kappa shape index (κ1) is 21.7. The first-order valence-corrected chi connectivity index (χ1v) is 11.6. The predicted octanol–water partition coefficient (Wildman–Crippen LogP) is 4.27. The molecule has 34 heavy (non-hydrogen) atoms. The predicted molar refractivity (Wildman–Crippen MR) is 134 cm³/mol. The molecule has 0 atom stereocenters. The van der Waals surface area contributed by atoms with Gasteiger partial charge in [-0.2, -0.15) is 5.10 Å². The molecule has 0 saturated heterocycles. The summed E-state index contributed by atoms with van der Waals surface area (Å²) in [6.07, 6.45) is 2.88. The van der Waals surface area contributed by atoms with Gasteiger partial charge in [-0.25, -0.2) is 14.6 Å². The van der Waals surface area contributed by atoms with Gasteiger partial charge in [0.1, 0.15) is 18.3 Å². The van der Waals surface area contributed by atoms with Crippen molar-refractivity contribution in [3.63, 3.8) is 0 Å². The third kappa shape index (κ3) is 4.25. The minimum atomic E-state index is -0.323.